The van der Waals surface area contributed by atoms with Crippen molar-refractivity contribution < 1.29 is 4.79 Å². The summed E-state index contributed by atoms with van der Waals surface area (Å²) in [5, 5.41) is 5.81. The van der Waals surface area contributed by atoms with Crippen LogP contribution in [0.4, 0.5) is 0 Å². The first-order chi connectivity index (χ1) is 7.16. The van der Waals surface area contributed by atoms with Crippen LogP contribution in [0.3, 0.4) is 0 Å². The lowest BCUT2D eigenvalue weighted by molar-refractivity contribution is -0.122. The summed E-state index contributed by atoms with van der Waals surface area (Å²) in [7, 11) is 0. The van der Waals surface area contributed by atoms with E-state index < -0.39 is 6.04 Å². The second kappa shape index (κ2) is 4.28. The zero-order valence-electron chi connectivity index (χ0n) is 8.69. The molecule has 0 aromatic carbocycles. The summed E-state index contributed by atoms with van der Waals surface area (Å²) in [6.45, 7) is 2.17. The van der Waals surface area contributed by atoms with Crippen molar-refractivity contribution in [1.29, 1.82) is 0 Å². The van der Waals surface area contributed by atoms with Crippen molar-refractivity contribution in [2.75, 3.05) is 0 Å². The van der Waals surface area contributed by atoms with Gasteiger partial charge in [-0.2, -0.15) is 0 Å². The number of hydrogen-bond donors (Lipinski definition) is 2. The Morgan fingerprint density at radius 3 is 3.13 bits per heavy atom. The molecule has 82 valence electrons. The van der Waals surface area contributed by atoms with Crippen LogP contribution >= 0.6 is 11.3 Å². The third-order valence-corrected chi connectivity index (χ3v) is 3.26. The number of carbonyl (C=O) groups excluding carboxylic acids is 1. The van der Waals surface area contributed by atoms with Gasteiger partial charge >= 0.3 is 0 Å². The third-order valence-electron chi connectivity index (χ3n) is 2.39. The predicted octanol–water partition coefficient (Wildman–Crippen LogP) is 0.984. The Morgan fingerprint density at radius 2 is 2.53 bits per heavy atom. The molecule has 0 spiro atoms. The van der Waals surface area contributed by atoms with Crippen LogP contribution < -0.4 is 11.1 Å². The van der Waals surface area contributed by atoms with E-state index >= 15 is 0 Å². The zero-order chi connectivity index (χ0) is 10.8. The maximum absolute atomic E-state index is 11.2. The number of carbonyl (C=O) groups is 1. The van der Waals surface area contributed by atoms with Gasteiger partial charge in [-0.15, -0.1) is 11.3 Å². The van der Waals surface area contributed by atoms with E-state index in [0.717, 1.165) is 5.01 Å². The van der Waals surface area contributed by atoms with Gasteiger partial charge in [0.2, 0.25) is 5.91 Å². The largest absolute Gasteiger partial charge is 0.348 e. The number of rotatable bonds is 4. The summed E-state index contributed by atoms with van der Waals surface area (Å²) < 4.78 is 0. The average Bonchev–Trinajstić information content (AvgIpc) is 2.95. The van der Waals surface area contributed by atoms with Gasteiger partial charge in [-0.05, 0) is 19.8 Å². The number of thiazole rings is 1. The van der Waals surface area contributed by atoms with Gasteiger partial charge in [0.15, 0.2) is 0 Å². The van der Waals surface area contributed by atoms with E-state index in [1.807, 2.05) is 0 Å². The van der Waals surface area contributed by atoms with Gasteiger partial charge in [0.05, 0.1) is 18.3 Å². The van der Waals surface area contributed by atoms with Crippen LogP contribution in [0, 0.1) is 0 Å². The minimum atomic E-state index is -0.451. The van der Waals surface area contributed by atoms with Crippen LogP contribution in [-0.4, -0.2) is 16.9 Å². The first-order valence-electron chi connectivity index (χ1n) is 5.14. The molecule has 2 rings (SSSR count). The van der Waals surface area contributed by atoms with Gasteiger partial charge in [0.1, 0.15) is 5.01 Å². The smallest absolute Gasteiger partial charge is 0.236 e. The number of nitrogens with zero attached hydrogens (tertiary/aromatic N) is 1. The van der Waals surface area contributed by atoms with Crippen LogP contribution in [-0.2, 0) is 11.3 Å². The molecular formula is C10H15N3OS. The monoisotopic (exact) mass is 225 g/mol. The topological polar surface area (TPSA) is 68.0 Å². The second-order valence-electron chi connectivity index (χ2n) is 3.95. The van der Waals surface area contributed by atoms with Gasteiger partial charge in [-0.1, -0.05) is 0 Å². The first kappa shape index (κ1) is 10.6. The fourth-order valence-electron chi connectivity index (χ4n) is 1.30. The molecule has 15 heavy (non-hydrogen) atoms. The van der Waals surface area contributed by atoms with Crippen LogP contribution in [0.5, 0.6) is 0 Å². The van der Waals surface area contributed by atoms with Crippen LogP contribution in [0.25, 0.3) is 0 Å². The number of aromatic nitrogens is 1. The molecule has 0 aliphatic heterocycles. The molecular weight excluding hydrogens is 210 g/mol. The SMILES string of the molecule is C[C@@H](N)C(=O)NCc1nc(C2CC2)cs1. The van der Waals surface area contributed by atoms with Crippen molar-refractivity contribution in [2.24, 2.45) is 5.73 Å². The minimum absolute atomic E-state index is 0.127. The molecule has 1 aromatic rings. The molecule has 1 aliphatic rings. The summed E-state index contributed by atoms with van der Waals surface area (Å²) in [4.78, 5) is 15.7. The van der Waals surface area contributed by atoms with Crippen molar-refractivity contribution in [3.8, 4) is 0 Å². The molecule has 1 amide bonds. The van der Waals surface area contributed by atoms with Gasteiger partial charge in [0.25, 0.3) is 0 Å². The summed E-state index contributed by atoms with van der Waals surface area (Å²) in [6, 6.07) is -0.451. The maximum atomic E-state index is 11.2. The Labute approximate surface area is 92.9 Å². The number of amides is 1. The Hall–Kier alpha value is -0.940. The molecule has 4 nitrogen and oxygen atoms in total. The fourth-order valence-corrected chi connectivity index (χ4v) is 2.11. The van der Waals surface area contributed by atoms with Gasteiger partial charge < -0.3 is 11.1 Å². The lowest BCUT2D eigenvalue weighted by Gasteiger charge is -2.04. The predicted molar refractivity (Wildman–Crippen MR) is 59.6 cm³/mol. The lowest BCUT2D eigenvalue weighted by atomic mass is 10.3. The van der Waals surface area contributed by atoms with E-state index in [9.17, 15) is 4.79 Å². The van der Waals surface area contributed by atoms with Crippen molar-refractivity contribution in [3.05, 3.63) is 16.1 Å². The van der Waals surface area contributed by atoms with E-state index in [1.165, 1.54) is 18.5 Å². The molecule has 0 unspecified atom stereocenters. The average molecular weight is 225 g/mol. The van der Waals surface area contributed by atoms with Gasteiger partial charge in [0, 0.05) is 11.3 Å². The maximum Gasteiger partial charge on any atom is 0.236 e. The molecule has 0 bridgehead atoms. The van der Waals surface area contributed by atoms with Crippen molar-refractivity contribution >= 4 is 17.2 Å². The highest BCUT2D eigenvalue weighted by molar-refractivity contribution is 7.09. The normalized spacial score (nSPS) is 17.5. The minimum Gasteiger partial charge on any atom is -0.348 e. The molecule has 5 heteroatoms. The summed E-state index contributed by atoms with van der Waals surface area (Å²) >= 11 is 1.60. The van der Waals surface area contributed by atoms with Gasteiger partial charge in [-0.3, -0.25) is 4.79 Å². The molecule has 1 atom stereocenters. The first-order valence-corrected chi connectivity index (χ1v) is 6.02. The summed E-state index contributed by atoms with van der Waals surface area (Å²) in [5.41, 5.74) is 6.62. The molecule has 1 aromatic heterocycles. The Bertz CT molecular complexity index is 357. The molecule has 0 saturated heterocycles. The van der Waals surface area contributed by atoms with E-state index in [-0.39, 0.29) is 5.91 Å². The Balaban J connectivity index is 1.85. The standard InChI is InChI=1S/C10H15N3OS/c1-6(11)10(14)12-4-9-13-8(5-15-9)7-2-3-7/h5-7H,2-4,11H2,1H3,(H,12,14)/t6-/m1/s1. The third kappa shape index (κ3) is 2.76. The molecule has 1 heterocycles. The molecule has 1 fully saturated rings. The lowest BCUT2D eigenvalue weighted by Crippen LogP contribution is -2.37. The molecule has 1 saturated carbocycles. The quantitative estimate of drug-likeness (QED) is 0.802. The van der Waals surface area contributed by atoms with Crippen molar-refractivity contribution in [1.82, 2.24) is 10.3 Å². The number of nitrogens with two attached hydrogens (primary N) is 1. The van der Waals surface area contributed by atoms with E-state index in [2.05, 4.69) is 15.7 Å². The number of hydrogen-bond acceptors (Lipinski definition) is 4. The zero-order valence-corrected chi connectivity index (χ0v) is 9.51. The summed E-state index contributed by atoms with van der Waals surface area (Å²) in [5.74, 6) is 0.553. The highest BCUT2D eigenvalue weighted by Gasteiger charge is 2.25. The summed E-state index contributed by atoms with van der Waals surface area (Å²) in [6.07, 6.45) is 2.52. The Kier molecular flexibility index (Phi) is 3.02. The van der Waals surface area contributed by atoms with Crippen LogP contribution in [0.2, 0.25) is 0 Å². The molecule has 1 aliphatic carbocycles. The van der Waals surface area contributed by atoms with Crippen LogP contribution in [0.15, 0.2) is 5.38 Å². The number of nitrogens with one attached hydrogen (secondary N) is 1. The molecule has 0 radical (unpaired) electrons. The van der Waals surface area contributed by atoms with Crippen LogP contribution in [0.1, 0.15) is 36.4 Å². The van der Waals surface area contributed by atoms with Crippen molar-refractivity contribution in [2.45, 2.75) is 38.3 Å². The van der Waals surface area contributed by atoms with E-state index in [1.54, 1.807) is 18.3 Å². The van der Waals surface area contributed by atoms with Gasteiger partial charge in [-0.25, -0.2) is 4.98 Å². The Morgan fingerprint density at radius 1 is 1.80 bits per heavy atom. The van der Waals surface area contributed by atoms with Crippen molar-refractivity contribution in [3.63, 3.8) is 0 Å². The fraction of sp³-hybridized carbons (Fsp3) is 0.600. The molecule has 3 N–H and O–H groups in total. The highest BCUT2D eigenvalue weighted by atomic mass is 32.1. The van der Waals surface area contributed by atoms with E-state index in [4.69, 9.17) is 5.73 Å². The second-order valence-corrected chi connectivity index (χ2v) is 4.89. The van der Waals surface area contributed by atoms with E-state index in [0.29, 0.717) is 12.5 Å². The highest BCUT2D eigenvalue weighted by Crippen LogP contribution is 2.40.